The van der Waals surface area contributed by atoms with E-state index in [4.69, 9.17) is 9.73 Å². The molecule has 1 aromatic heterocycles. The van der Waals surface area contributed by atoms with Crippen LogP contribution in [0.3, 0.4) is 0 Å². The van der Waals surface area contributed by atoms with Gasteiger partial charge in [-0.25, -0.2) is 4.99 Å². The van der Waals surface area contributed by atoms with Crippen LogP contribution >= 0.6 is 24.0 Å². The summed E-state index contributed by atoms with van der Waals surface area (Å²) in [6.07, 6.45) is 5.05. The first kappa shape index (κ1) is 24.7. The SMILES string of the molecule is Cc1nnc(CN=C(NCCCN2CCOCC2)N2CCC(N3CCCC3)C2)n1C.I. The van der Waals surface area contributed by atoms with Crippen LogP contribution in [0.15, 0.2) is 4.99 Å². The minimum atomic E-state index is 0. The summed E-state index contributed by atoms with van der Waals surface area (Å²) >= 11 is 0. The zero-order valence-corrected chi connectivity index (χ0v) is 21.5. The second kappa shape index (κ2) is 12.3. The highest BCUT2D eigenvalue weighted by molar-refractivity contribution is 14.0. The molecule has 3 aliphatic heterocycles. The second-order valence-corrected chi connectivity index (χ2v) is 8.73. The summed E-state index contributed by atoms with van der Waals surface area (Å²) < 4.78 is 7.47. The highest BCUT2D eigenvalue weighted by Crippen LogP contribution is 2.20. The second-order valence-electron chi connectivity index (χ2n) is 8.73. The first-order valence-electron chi connectivity index (χ1n) is 11.6. The van der Waals surface area contributed by atoms with Crippen molar-refractivity contribution in [3.8, 4) is 0 Å². The number of halogens is 1. The molecule has 10 heteroatoms. The van der Waals surface area contributed by atoms with E-state index in [9.17, 15) is 0 Å². The van der Waals surface area contributed by atoms with Crippen LogP contribution in [0.25, 0.3) is 0 Å². The van der Waals surface area contributed by atoms with Crippen LogP contribution in [0.1, 0.15) is 37.3 Å². The molecular weight excluding hydrogens is 507 g/mol. The number of nitrogens with one attached hydrogen (secondary N) is 1. The average Bonchev–Trinajstić information content (AvgIpc) is 3.52. The van der Waals surface area contributed by atoms with E-state index in [1.807, 2.05) is 18.5 Å². The van der Waals surface area contributed by atoms with Gasteiger partial charge in [-0.2, -0.15) is 0 Å². The van der Waals surface area contributed by atoms with Crippen LogP contribution < -0.4 is 5.32 Å². The Labute approximate surface area is 203 Å². The topological polar surface area (TPSA) is 74.0 Å². The number of nitrogens with zero attached hydrogens (tertiary/aromatic N) is 7. The molecule has 1 aromatic rings. The molecule has 0 aliphatic carbocycles. The van der Waals surface area contributed by atoms with E-state index < -0.39 is 0 Å². The van der Waals surface area contributed by atoms with Crippen molar-refractivity contribution < 1.29 is 4.74 Å². The minimum absolute atomic E-state index is 0. The van der Waals surface area contributed by atoms with Gasteiger partial charge >= 0.3 is 0 Å². The predicted octanol–water partition coefficient (Wildman–Crippen LogP) is 1.08. The van der Waals surface area contributed by atoms with Gasteiger partial charge in [0.1, 0.15) is 12.4 Å². The fourth-order valence-corrected chi connectivity index (χ4v) is 4.67. The highest BCUT2D eigenvalue weighted by atomic mass is 127. The third-order valence-electron chi connectivity index (χ3n) is 6.71. The number of aromatic nitrogens is 3. The molecule has 0 spiro atoms. The number of morpholine rings is 1. The number of hydrogen-bond donors (Lipinski definition) is 1. The lowest BCUT2D eigenvalue weighted by molar-refractivity contribution is 0.0375. The monoisotopic (exact) mass is 546 g/mol. The third kappa shape index (κ3) is 6.75. The first-order valence-corrected chi connectivity index (χ1v) is 11.6. The molecule has 9 nitrogen and oxygen atoms in total. The molecule has 1 unspecified atom stereocenters. The smallest absolute Gasteiger partial charge is 0.194 e. The number of likely N-dealkylation sites (tertiary alicyclic amines) is 2. The van der Waals surface area contributed by atoms with E-state index in [0.29, 0.717) is 12.6 Å². The van der Waals surface area contributed by atoms with E-state index in [1.165, 1.54) is 32.4 Å². The van der Waals surface area contributed by atoms with Gasteiger partial charge in [0, 0.05) is 45.8 Å². The van der Waals surface area contributed by atoms with Crippen molar-refractivity contribution in [3.05, 3.63) is 11.6 Å². The zero-order valence-electron chi connectivity index (χ0n) is 19.1. The van der Waals surface area contributed by atoms with Crippen LogP contribution in [0.4, 0.5) is 0 Å². The molecule has 3 saturated heterocycles. The van der Waals surface area contributed by atoms with Crippen molar-refractivity contribution in [3.63, 3.8) is 0 Å². The van der Waals surface area contributed by atoms with Gasteiger partial charge in [-0.1, -0.05) is 0 Å². The van der Waals surface area contributed by atoms with Crippen LogP contribution in [-0.4, -0.2) is 107 Å². The molecule has 3 aliphatic rings. The van der Waals surface area contributed by atoms with Crippen LogP contribution in [0.5, 0.6) is 0 Å². The fraction of sp³-hybridized carbons (Fsp3) is 0.857. The molecule has 0 aromatic carbocycles. The number of hydrogen-bond acceptors (Lipinski definition) is 6. The molecule has 1 N–H and O–H groups in total. The van der Waals surface area contributed by atoms with Gasteiger partial charge in [-0.05, 0) is 52.2 Å². The summed E-state index contributed by atoms with van der Waals surface area (Å²) in [5.41, 5.74) is 0. The van der Waals surface area contributed by atoms with E-state index >= 15 is 0 Å². The molecule has 0 bridgehead atoms. The molecular formula is C21H39IN8O. The first-order chi connectivity index (χ1) is 14.7. The Bertz CT molecular complexity index is 700. The zero-order chi connectivity index (χ0) is 20.8. The van der Waals surface area contributed by atoms with Gasteiger partial charge in [-0.3, -0.25) is 9.80 Å². The maximum Gasteiger partial charge on any atom is 0.194 e. The average molecular weight is 547 g/mol. The largest absolute Gasteiger partial charge is 0.379 e. The van der Waals surface area contributed by atoms with Gasteiger partial charge in [0.15, 0.2) is 11.8 Å². The van der Waals surface area contributed by atoms with Crippen molar-refractivity contribution >= 4 is 29.9 Å². The van der Waals surface area contributed by atoms with Crippen molar-refractivity contribution in [1.82, 2.24) is 34.8 Å². The molecule has 0 radical (unpaired) electrons. The Morgan fingerprint density at radius 3 is 2.61 bits per heavy atom. The van der Waals surface area contributed by atoms with Crippen molar-refractivity contribution in [2.45, 2.75) is 45.2 Å². The Hall–Kier alpha value is -0.980. The van der Waals surface area contributed by atoms with Gasteiger partial charge in [0.25, 0.3) is 0 Å². The van der Waals surface area contributed by atoms with Crippen LogP contribution in [-0.2, 0) is 18.3 Å². The molecule has 4 heterocycles. The molecule has 31 heavy (non-hydrogen) atoms. The molecule has 0 saturated carbocycles. The van der Waals surface area contributed by atoms with Crippen LogP contribution in [0, 0.1) is 6.92 Å². The normalized spacial score (nSPS) is 23.4. The minimum Gasteiger partial charge on any atom is -0.379 e. The molecule has 3 fully saturated rings. The lowest BCUT2D eigenvalue weighted by atomic mass is 10.2. The van der Waals surface area contributed by atoms with Gasteiger partial charge in [0.2, 0.25) is 0 Å². The van der Waals surface area contributed by atoms with E-state index in [-0.39, 0.29) is 24.0 Å². The summed E-state index contributed by atoms with van der Waals surface area (Å²) in [4.78, 5) is 12.6. The maximum atomic E-state index is 5.45. The molecule has 176 valence electrons. The predicted molar refractivity (Wildman–Crippen MR) is 133 cm³/mol. The Balaban J connectivity index is 0.00000272. The lowest BCUT2D eigenvalue weighted by Gasteiger charge is -2.27. The summed E-state index contributed by atoms with van der Waals surface area (Å²) in [7, 11) is 2.01. The number of aryl methyl sites for hydroxylation is 1. The Kier molecular flexibility index (Phi) is 9.79. The van der Waals surface area contributed by atoms with E-state index in [0.717, 1.165) is 76.5 Å². The number of aliphatic imine (C=N–C) groups is 1. The number of ether oxygens (including phenoxy) is 1. The molecule has 1 atom stereocenters. The third-order valence-corrected chi connectivity index (χ3v) is 6.71. The van der Waals surface area contributed by atoms with E-state index in [2.05, 4.69) is 30.2 Å². The van der Waals surface area contributed by atoms with Gasteiger partial charge in [-0.15, -0.1) is 34.2 Å². The van der Waals surface area contributed by atoms with Crippen LogP contribution in [0.2, 0.25) is 0 Å². The highest BCUT2D eigenvalue weighted by Gasteiger charge is 2.30. The molecule has 0 amide bonds. The number of rotatable bonds is 7. The lowest BCUT2D eigenvalue weighted by Crippen LogP contribution is -2.44. The quantitative estimate of drug-likeness (QED) is 0.238. The summed E-state index contributed by atoms with van der Waals surface area (Å²) in [5.74, 6) is 2.87. The van der Waals surface area contributed by atoms with Crippen molar-refractivity contribution in [2.24, 2.45) is 12.0 Å². The van der Waals surface area contributed by atoms with Crippen molar-refractivity contribution in [2.75, 3.05) is 65.6 Å². The molecule has 4 rings (SSSR count). The standard InChI is InChI=1S/C21H38N8O.HI/c1-18-24-25-20(26(18)2)16-23-21(22-7-5-8-27-12-14-30-15-13-27)29-11-6-19(17-29)28-9-3-4-10-28;/h19H,3-17H2,1-2H3,(H,22,23);1H. The Morgan fingerprint density at radius 1 is 1.13 bits per heavy atom. The number of guanidine groups is 1. The summed E-state index contributed by atoms with van der Waals surface area (Å²) in [6, 6.07) is 0.671. The summed E-state index contributed by atoms with van der Waals surface area (Å²) in [5, 5.41) is 12.1. The van der Waals surface area contributed by atoms with Gasteiger partial charge in [0.05, 0.1) is 13.2 Å². The maximum absolute atomic E-state index is 5.45. The summed E-state index contributed by atoms with van der Waals surface area (Å²) in [6.45, 7) is 13.1. The fourth-order valence-electron chi connectivity index (χ4n) is 4.67. The van der Waals surface area contributed by atoms with Gasteiger partial charge < -0.3 is 19.5 Å². The Morgan fingerprint density at radius 2 is 1.90 bits per heavy atom. The van der Waals surface area contributed by atoms with E-state index in [1.54, 1.807) is 0 Å². The van der Waals surface area contributed by atoms with Crippen molar-refractivity contribution in [1.29, 1.82) is 0 Å².